The maximum absolute atomic E-state index is 12.1. The number of rotatable bonds is 4. The summed E-state index contributed by atoms with van der Waals surface area (Å²) in [6, 6.07) is 8.65. The van der Waals surface area contributed by atoms with Crippen LogP contribution in [0, 0.1) is 0 Å². The van der Waals surface area contributed by atoms with Crippen molar-refractivity contribution in [1.29, 1.82) is 0 Å². The number of carbonyl (C=O) groups excluding carboxylic acids is 1. The van der Waals surface area contributed by atoms with E-state index in [1.165, 1.54) is 27.1 Å². The molecular weight excluding hydrogens is 336 g/mol. The lowest BCUT2D eigenvalue weighted by molar-refractivity contribution is -0.138. The van der Waals surface area contributed by atoms with Gasteiger partial charge in [-0.3, -0.25) is 4.79 Å². The zero-order valence-electron chi connectivity index (χ0n) is 14.7. The number of fused-ring (bicyclic) bond motifs is 5. The van der Waals surface area contributed by atoms with Crippen LogP contribution in [0.25, 0.3) is 29.0 Å². The number of aromatic amines is 1. The van der Waals surface area contributed by atoms with Crippen LogP contribution in [-0.4, -0.2) is 15.9 Å². The molecular formula is C23H18N2O2. The lowest BCUT2D eigenvalue weighted by atomic mass is 9.94. The van der Waals surface area contributed by atoms with Crippen LogP contribution in [0.4, 0.5) is 0 Å². The Bertz CT molecular complexity index is 1230. The zero-order chi connectivity index (χ0) is 18.2. The fraction of sp³-hybridized carbons (Fsp3) is 0.130. The lowest BCUT2D eigenvalue weighted by Crippen LogP contribution is -2.16. The van der Waals surface area contributed by atoms with Gasteiger partial charge in [-0.1, -0.05) is 42.5 Å². The molecule has 27 heavy (non-hydrogen) atoms. The van der Waals surface area contributed by atoms with Crippen LogP contribution >= 0.6 is 0 Å². The Morgan fingerprint density at radius 3 is 2.93 bits per heavy atom. The molecule has 4 nitrogen and oxygen atoms in total. The first kappa shape index (κ1) is 15.8. The van der Waals surface area contributed by atoms with Crippen molar-refractivity contribution in [3.8, 4) is 0 Å². The first-order chi connectivity index (χ1) is 13.3. The summed E-state index contributed by atoms with van der Waals surface area (Å²) in [4.78, 5) is 19.1. The third-order valence-corrected chi connectivity index (χ3v) is 5.15. The number of nitrogens with one attached hydrogen (secondary N) is 1. The van der Waals surface area contributed by atoms with E-state index in [2.05, 4.69) is 52.5 Å². The maximum atomic E-state index is 12.1. The van der Waals surface area contributed by atoms with Gasteiger partial charge in [0.1, 0.15) is 5.76 Å². The highest BCUT2D eigenvalue weighted by molar-refractivity contribution is 5.96. The molecule has 1 heterocycles. The number of hydrogen-bond donors (Lipinski definition) is 1. The number of allylic oxidation sites excluding steroid dienone is 3. The molecule has 4 heteroatoms. The maximum Gasteiger partial charge on any atom is 0.311 e. The number of esters is 1. The first-order valence-electron chi connectivity index (χ1n) is 9.11. The Hall–Kier alpha value is -3.40. The van der Waals surface area contributed by atoms with Crippen molar-refractivity contribution in [2.45, 2.75) is 19.3 Å². The van der Waals surface area contributed by atoms with Crippen LogP contribution in [0.5, 0.6) is 0 Å². The fourth-order valence-electron chi connectivity index (χ4n) is 3.79. The number of nitrogens with zero attached hydrogens (tertiary/aromatic N) is 1. The van der Waals surface area contributed by atoms with Crippen LogP contribution in [0.3, 0.4) is 0 Å². The van der Waals surface area contributed by atoms with Crippen LogP contribution in [0.1, 0.15) is 23.2 Å². The molecule has 0 amide bonds. The molecule has 0 bridgehead atoms. The Kier molecular flexibility index (Phi) is 3.75. The van der Waals surface area contributed by atoms with Crippen molar-refractivity contribution in [2.75, 3.05) is 0 Å². The molecule has 0 aliphatic heterocycles. The summed E-state index contributed by atoms with van der Waals surface area (Å²) in [7, 11) is 0. The molecule has 0 atom stereocenters. The average Bonchev–Trinajstić information content (AvgIpc) is 3.37. The first-order valence-corrected chi connectivity index (χ1v) is 9.11. The molecule has 1 aromatic heterocycles. The standard InChI is InChI=1S/C23H18N2O2/c26-23(11-6-17-13-24-14-25-17)27-18-7-10-20-16(12-18)5-9-21-19-3-1-2-15(19)4-8-22(20)21/h1-5,7-9,12-14H,6,10-11H2,(H,24,25). The minimum Gasteiger partial charge on any atom is -0.427 e. The molecule has 0 saturated carbocycles. The molecule has 0 radical (unpaired) electrons. The highest BCUT2D eigenvalue weighted by Gasteiger charge is 2.13. The highest BCUT2D eigenvalue weighted by atomic mass is 16.5. The van der Waals surface area contributed by atoms with Crippen molar-refractivity contribution in [3.05, 3.63) is 82.0 Å². The number of imidazole rings is 1. The molecule has 132 valence electrons. The summed E-state index contributed by atoms with van der Waals surface area (Å²) in [5, 5.41) is 4.93. The number of benzene rings is 2. The summed E-state index contributed by atoms with van der Waals surface area (Å²) < 4.78 is 5.55. The second-order valence-electron chi connectivity index (χ2n) is 6.83. The van der Waals surface area contributed by atoms with E-state index < -0.39 is 0 Å². The van der Waals surface area contributed by atoms with E-state index in [0.29, 0.717) is 18.6 Å². The van der Waals surface area contributed by atoms with Crippen LogP contribution < -0.4 is 10.4 Å². The van der Waals surface area contributed by atoms with Crippen molar-refractivity contribution in [2.24, 2.45) is 0 Å². The SMILES string of the molecule is O=C(CCc1cnc[nH]1)OC1=CCc2c(ccc3c4c(ccc23)=CC=C4)=C1. The van der Waals surface area contributed by atoms with Crippen LogP contribution in [0.2, 0.25) is 0 Å². The summed E-state index contributed by atoms with van der Waals surface area (Å²) in [6.07, 6.45) is 15.4. The minimum atomic E-state index is -0.227. The molecule has 2 aromatic carbocycles. The van der Waals surface area contributed by atoms with Crippen LogP contribution in [0.15, 0.2) is 54.7 Å². The largest absolute Gasteiger partial charge is 0.427 e. The van der Waals surface area contributed by atoms with E-state index in [4.69, 9.17) is 4.74 Å². The van der Waals surface area contributed by atoms with Gasteiger partial charge >= 0.3 is 5.97 Å². The highest BCUT2D eigenvalue weighted by Crippen LogP contribution is 2.23. The van der Waals surface area contributed by atoms with Crippen LogP contribution in [-0.2, 0) is 22.4 Å². The Balaban J connectivity index is 1.39. The molecule has 2 aliphatic rings. The van der Waals surface area contributed by atoms with Gasteiger partial charge in [0.15, 0.2) is 0 Å². The average molecular weight is 354 g/mol. The molecule has 1 N–H and O–H groups in total. The van der Waals surface area contributed by atoms with E-state index in [1.807, 2.05) is 12.2 Å². The monoisotopic (exact) mass is 354 g/mol. The number of aryl methyl sites for hydroxylation is 1. The van der Waals surface area contributed by atoms with Gasteiger partial charge < -0.3 is 9.72 Å². The van der Waals surface area contributed by atoms with Gasteiger partial charge in [-0.05, 0) is 57.3 Å². The summed E-state index contributed by atoms with van der Waals surface area (Å²) in [5.41, 5.74) is 3.51. The molecule has 2 aliphatic carbocycles. The van der Waals surface area contributed by atoms with Gasteiger partial charge in [-0.15, -0.1) is 0 Å². The predicted molar refractivity (Wildman–Crippen MR) is 106 cm³/mol. The number of hydrogen-bond acceptors (Lipinski definition) is 3. The van der Waals surface area contributed by atoms with E-state index in [0.717, 1.165) is 17.3 Å². The van der Waals surface area contributed by atoms with Crippen molar-refractivity contribution < 1.29 is 9.53 Å². The second kappa shape index (κ2) is 6.40. The van der Waals surface area contributed by atoms with Gasteiger partial charge in [0.05, 0.1) is 12.7 Å². The number of carbonyl (C=O) groups is 1. The molecule has 0 saturated heterocycles. The van der Waals surface area contributed by atoms with E-state index in [9.17, 15) is 4.79 Å². The predicted octanol–water partition coefficient (Wildman–Crippen LogP) is 2.77. The molecule has 3 aromatic rings. The molecule has 5 rings (SSSR count). The van der Waals surface area contributed by atoms with Gasteiger partial charge in [0.25, 0.3) is 0 Å². The quantitative estimate of drug-likeness (QED) is 0.733. The zero-order valence-corrected chi connectivity index (χ0v) is 14.7. The van der Waals surface area contributed by atoms with Gasteiger partial charge in [0.2, 0.25) is 0 Å². The Morgan fingerprint density at radius 2 is 2.04 bits per heavy atom. The van der Waals surface area contributed by atoms with Crippen molar-refractivity contribution in [1.82, 2.24) is 9.97 Å². The fourth-order valence-corrected chi connectivity index (χ4v) is 3.79. The summed E-state index contributed by atoms with van der Waals surface area (Å²) in [5.74, 6) is 0.403. The van der Waals surface area contributed by atoms with Gasteiger partial charge in [0, 0.05) is 11.9 Å². The third-order valence-electron chi connectivity index (χ3n) is 5.15. The topological polar surface area (TPSA) is 55.0 Å². The summed E-state index contributed by atoms with van der Waals surface area (Å²) >= 11 is 0. The Labute approximate surface area is 156 Å². The van der Waals surface area contributed by atoms with Gasteiger partial charge in [-0.2, -0.15) is 0 Å². The molecule has 0 fully saturated rings. The minimum absolute atomic E-state index is 0.227. The normalized spacial score (nSPS) is 14.1. The molecule has 0 spiro atoms. The lowest BCUT2D eigenvalue weighted by Gasteiger charge is -2.14. The smallest absolute Gasteiger partial charge is 0.311 e. The van der Waals surface area contributed by atoms with Gasteiger partial charge in [-0.25, -0.2) is 4.98 Å². The molecule has 0 unspecified atom stereocenters. The number of ether oxygens (including phenoxy) is 1. The van der Waals surface area contributed by atoms with Crippen molar-refractivity contribution >= 4 is 35.0 Å². The number of aromatic nitrogens is 2. The third kappa shape index (κ3) is 2.89. The Morgan fingerprint density at radius 1 is 1.15 bits per heavy atom. The van der Waals surface area contributed by atoms with E-state index >= 15 is 0 Å². The number of H-pyrrole nitrogens is 1. The van der Waals surface area contributed by atoms with E-state index in [-0.39, 0.29) is 5.97 Å². The second-order valence-corrected chi connectivity index (χ2v) is 6.83. The van der Waals surface area contributed by atoms with Crippen molar-refractivity contribution in [3.63, 3.8) is 0 Å². The van der Waals surface area contributed by atoms with E-state index in [1.54, 1.807) is 12.5 Å². The summed E-state index contributed by atoms with van der Waals surface area (Å²) in [6.45, 7) is 0.